The third-order valence-corrected chi connectivity index (χ3v) is 3.54. The number of aryl methyl sites for hydroxylation is 2. The Bertz CT molecular complexity index is 630. The Balaban J connectivity index is 2.33. The van der Waals surface area contributed by atoms with Crippen molar-refractivity contribution >= 4 is 22.8 Å². The maximum Gasteiger partial charge on any atom is 0.441 e. The monoisotopic (exact) mass is 290 g/mol. The number of hydrogen-bond acceptors (Lipinski definition) is 2. The fraction of sp³-hybridized carbons (Fsp3) is 0.417. The lowest BCUT2D eigenvalue weighted by atomic mass is 10.3. The van der Waals surface area contributed by atoms with E-state index in [9.17, 15) is 18.0 Å². The van der Waals surface area contributed by atoms with Crippen molar-refractivity contribution in [3.63, 3.8) is 0 Å². The van der Waals surface area contributed by atoms with Crippen LogP contribution in [0.25, 0.3) is 11.0 Å². The first kappa shape index (κ1) is 14.0. The summed E-state index contributed by atoms with van der Waals surface area (Å²) in [7, 11) is 0. The highest BCUT2D eigenvalue weighted by molar-refractivity contribution is 8.00. The number of hydrogen-bond donors (Lipinski definition) is 0. The molecule has 0 aliphatic carbocycles. The van der Waals surface area contributed by atoms with Crippen molar-refractivity contribution in [2.45, 2.75) is 25.5 Å². The summed E-state index contributed by atoms with van der Waals surface area (Å²) in [6, 6.07) is 7.13. The van der Waals surface area contributed by atoms with Crippen LogP contribution in [0.15, 0.2) is 29.1 Å². The molecule has 1 aromatic heterocycles. The summed E-state index contributed by atoms with van der Waals surface area (Å²) in [6.07, 6.45) is 0. The van der Waals surface area contributed by atoms with E-state index in [4.69, 9.17) is 0 Å². The number of fused-ring (bicyclic) bond motifs is 1. The lowest BCUT2D eigenvalue weighted by Crippen LogP contribution is -2.25. The first-order valence-corrected chi connectivity index (χ1v) is 6.81. The van der Waals surface area contributed by atoms with Gasteiger partial charge in [0.1, 0.15) is 0 Å². The van der Waals surface area contributed by atoms with Gasteiger partial charge in [-0.05, 0) is 30.8 Å². The van der Waals surface area contributed by atoms with E-state index in [1.54, 1.807) is 22.8 Å². The summed E-state index contributed by atoms with van der Waals surface area (Å²) in [5, 5.41) is 0. The van der Waals surface area contributed by atoms with Crippen LogP contribution in [0.1, 0.15) is 6.92 Å². The number of thioether (sulfide) groups is 1. The van der Waals surface area contributed by atoms with Crippen LogP contribution in [0.5, 0.6) is 0 Å². The lowest BCUT2D eigenvalue weighted by Gasteiger charge is -2.06. The summed E-state index contributed by atoms with van der Waals surface area (Å²) < 4.78 is 39.3. The first-order valence-electron chi connectivity index (χ1n) is 5.83. The molecule has 0 aliphatic heterocycles. The molecule has 0 aliphatic rings. The minimum absolute atomic E-state index is 0.0521. The molecule has 3 nitrogen and oxygen atoms in total. The zero-order valence-corrected chi connectivity index (χ0v) is 11.1. The molecular weight excluding hydrogens is 277 g/mol. The number of para-hydroxylation sites is 2. The third kappa shape index (κ3) is 2.97. The van der Waals surface area contributed by atoms with Gasteiger partial charge in [0, 0.05) is 18.8 Å². The fourth-order valence-corrected chi connectivity index (χ4v) is 2.55. The predicted octanol–water partition coefficient (Wildman–Crippen LogP) is 3.08. The summed E-state index contributed by atoms with van der Waals surface area (Å²) in [6.45, 7) is 2.39. The largest absolute Gasteiger partial charge is 0.441 e. The van der Waals surface area contributed by atoms with E-state index in [1.165, 1.54) is 4.57 Å². The van der Waals surface area contributed by atoms with Gasteiger partial charge in [-0.2, -0.15) is 13.2 Å². The third-order valence-electron chi connectivity index (χ3n) is 2.82. The topological polar surface area (TPSA) is 26.9 Å². The predicted molar refractivity (Wildman–Crippen MR) is 70.4 cm³/mol. The SMILES string of the molecule is CCn1c(=O)n(CCSC(F)(F)F)c2ccccc21. The maximum atomic E-state index is 12.1. The summed E-state index contributed by atoms with van der Waals surface area (Å²) in [5.41, 5.74) is -3.08. The van der Waals surface area contributed by atoms with Crippen molar-refractivity contribution in [3.8, 4) is 0 Å². The Labute approximate surface area is 112 Å². The number of imidazole rings is 1. The molecule has 7 heteroatoms. The van der Waals surface area contributed by atoms with Crippen LogP contribution in [0.4, 0.5) is 13.2 Å². The highest BCUT2D eigenvalue weighted by Gasteiger charge is 2.27. The number of benzene rings is 1. The molecule has 0 saturated carbocycles. The van der Waals surface area contributed by atoms with Crippen molar-refractivity contribution in [1.29, 1.82) is 0 Å². The van der Waals surface area contributed by atoms with E-state index >= 15 is 0 Å². The van der Waals surface area contributed by atoms with E-state index < -0.39 is 5.51 Å². The minimum atomic E-state index is -4.26. The van der Waals surface area contributed by atoms with Gasteiger partial charge < -0.3 is 0 Å². The molecule has 0 bridgehead atoms. The van der Waals surface area contributed by atoms with Crippen LogP contribution in [0.2, 0.25) is 0 Å². The number of halogens is 3. The second kappa shape index (κ2) is 5.32. The second-order valence-corrected chi connectivity index (χ2v) is 5.12. The van der Waals surface area contributed by atoms with Gasteiger partial charge in [-0.1, -0.05) is 12.1 Å². The zero-order chi connectivity index (χ0) is 14.0. The van der Waals surface area contributed by atoms with Gasteiger partial charge >= 0.3 is 11.2 Å². The molecular formula is C12H13F3N2OS. The molecule has 0 N–H and O–H groups in total. The zero-order valence-electron chi connectivity index (χ0n) is 10.3. The van der Waals surface area contributed by atoms with E-state index in [0.29, 0.717) is 12.1 Å². The fourth-order valence-electron chi connectivity index (χ4n) is 2.05. The van der Waals surface area contributed by atoms with E-state index in [-0.39, 0.29) is 29.7 Å². The number of rotatable bonds is 4. The molecule has 0 saturated heterocycles. The standard InChI is InChI=1S/C12H13F3N2OS/c1-2-16-9-5-3-4-6-10(9)17(11(16)18)7-8-19-12(13,14)15/h3-6H,2,7-8H2,1H3. The van der Waals surface area contributed by atoms with Crippen LogP contribution < -0.4 is 5.69 Å². The molecule has 0 atom stereocenters. The number of alkyl halides is 3. The Morgan fingerprint density at radius 1 is 1.16 bits per heavy atom. The Hall–Kier alpha value is -1.37. The van der Waals surface area contributed by atoms with Gasteiger partial charge in [-0.15, -0.1) is 0 Å². The first-order chi connectivity index (χ1) is 8.94. The summed E-state index contributed by atoms with van der Waals surface area (Å²) >= 11 is -0.106. The molecule has 0 spiro atoms. The highest BCUT2D eigenvalue weighted by atomic mass is 32.2. The molecule has 1 aromatic carbocycles. The Morgan fingerprint density at radius 3 is 2.26 bits per heavy atom. The van der Waals surface area contributed by atoms with E-state index in [1.807, 2.05) is 13.0 Å². The normalized spacial score (nSPS) is 12.2. The van der Waals surface area contributed by atoms with Gasteiger partial charge in [0.2, 0.25) is 0 Å². The average molecular weight is 290 g/mol. The van der Waals surface area contributed by atoms with Gasteiger partial charge in [0.25, 0.3) is 0 Å². The second-order valence-electron chi connectivity index (χ2n) is 3.96. The number of nitrogens with zero attached hydrogens (tertiary/aromatic N) is 2. The molecule has 0 radical (unpaired) electrons. The molecule has 1 heterocycles. The van der Waals surface area contributed by atoms with Crippen molar-refractivity contribution in [1.82, 2.24) is 9.13 Å². The number of aromatic nitrogens is 2. The Morgan fingerprint density at radius 2 is 1.74 bits per heavy atom. The quantitative estimate of drug-likeness (QED) is 0.865. The molecule has 2 rings (SSSR count). The highest BCUT2D eigenvalue weighted by Crippen LogP contribution is 2.30. The lowest BCUT2D eigenvalue weighted by molar-refractivity contribution is -0.0328. The van der Waals surface area contributed by atoms with Crippen LogP contribution >= 0.6 is 11.8 Å². The van der Waals surface area contributed by atoms with Crippen LogP contribution in [-0.2, 0) is 13.1 Å². The van der Waals surface area contributed by atoms with Gasteiger partial charge in [-0.3, -0.25) is 9.13 Å². The Kier molecular flexibility index (Phi) is 3.93. The van der Waals surface area contributed by atoms with Gasteiger partial charge in [0.15, 0.2) is 0 Å². The van der Waals surface area contributed by atoms with Gasteiger partial charge in [-0.25, -0.2) is 4.79 Å². The van der Waals surface area contributed by atoms with Crippen LogP contribution in [-0.4, -0.2) is 20.4 Å². The van der Waals surface area contributed by atoms with Crippen molar-refractivity contribution in [3.05, 3.63) is 34.7 Å². The van der Waals surface area contributed by atoms with Crippen LogP contribution in [0.3, 0.4) is 0 Å². The summed E-state index contributed by atoms with van der Waals surface area (Å²) in [5.74, 6) is -0.166. The molecule has 0 fully saturated rings. The molecule has 104 valence electrons. The molecule has 19 heavy (non-hydrogen) atoms. The smallest absolute Gasteiger partial charge is 0.292 e. The molecule has 2 aromatic rings. The summed E-state index contributed by atoms with van der Waals surface area (Å²) in [4.78, 5) is 12.1. The van der Waals surface area contributed by atoms with Crippen molar-refractivity contribution in [2.75, 3.05) is 5.75 Å². The van der Waals surface area contributed by atoms with E-state index in [0.717, 1.165) is 5.52 Å². The van der Waals surface area contributed by atoms with Crippen molar-refractivity contribution < 1.29 is 13.2 Å². The van der Waals surface area contributed by atoms with Crippen molar-refractivity contribution in [2.24, 2.45) is 0 Å². The maximum absolute atomic E-state index is 12.1. The minimum Gasteiger partial charge on any atom is -0.292 e. The molecule has 0 unspecified atom stereocenters. The average Bonchev–Trinajstić information content (AvgIpc) is 2.61. The van der Waals surface area contributed by atoms with E-state index in [2.05, 4.69) is 0 Å². The van der Waals surface area contributed by atoms with Crippen LogP contribution in [0, 0.1) is 0 Å². The van der Waals surface area contributed by atoms with Gasteiger partial charge in [0.05, 0.1) is 11.0 Å². The molecule has 0 amide bonds.